The molecule has 3 heteroatoms. The average Bonchev–Trinajstić information content (AvgIpc) is 2.25. The second-order valence-corrected chi connectivity index (χ2v) is 4.20. The van der Waals surface area contributed by atoms with Crippen molar-refractivity contribution in [3.63, 3.8) is 0 Å². The quantitative estimate of drug-likeness (QED) is 0.613. The van der Waals surface area contributed by atoms with Crippen molar-refractivity contribution in [1.82, 2.24) is 0 Å². The molecule has 1 N–H and O–H groups in total. The van der Waals surface area contributed by atoms with Crippen LogP contribution < -0.4 is 0 Å². The van der Waals surface area contributed by atoms with E-state index in [1.54, 1.807) is 18.2 Å². The Hall–Kier alpha value is -0.980. The summed E-state index contributed by atoms with van der Waals surface area (Å²) in [5, 5.41) is 9.49. The first-order valence-corrected chi connectivity index (χ1v) is 5.71. The lowest BCUT2D eigenvalue weighted by molar-refractivity contribution is 0.191. The lowest BCUT2D eigenvalue weighted by Crippen LogP contribution is -2.09. The maximum atomic E-state index is 13.2. The van der Waals surface area contributed by atoms with Crippen molar-refractivity contribution in [1.29, 1.82) is 0 Å². The molecule has 0 amide bonds. The van der Waals surface area contributed by atoms with Crippen LogP contribution in [0, 0.1) is 18.2 Å². The van der Waals surface area contributed by atoms with Gasteiger partial charge >= 0.3 is 0 Å². The molecule has 0 aliphatic rings. The van der Waals surface area contributed by atoms with Crippen LogP contribution in [0.3, 0.4) is 0 Å². The van der Waals surface area contributed by atoms with Gasteiger partial charge in [-0.25, -0.2) is 4.39 Å². The molecule has 15 heavy (non-hydrogen) atoms. The molecule has 0 radical (unpaired) electrons. The summed E-state index contributed by atoms with van der Waals surface area (Å²) in [4.78, 5) is 0.567. The van der Waals surface area contributed by atoms with E-state index >= 15 is 0 Å². The van der Waals surface area contributed by atoms with Gasteiger partial charge in [-0.15, -0.1) is 24.1 Å². The number of hydrogen-bond acceptors (Lipinski definition) is 2. The molecule has 1 aromatic carbocycles. The molecule has 80 valence electrons. The molecule has 0 aliphatic heterocycles. The number of benzene rings is 1. The monoisotopic (exact) mass is 224 g/mol. The van der Waals surface area contributed by atoms with Gasteiger partial charge in [0.15, 0.2) is 0 Å². The second-order valence-electron chi connectivity index (χ2n) is 3.14. The number of aliphatic hydroxyl groups excluding tert-OH is 1. The molecule has 0 heterocycles. The van der Waals surface area contributed by atoms with Crippen molar-refractivity contribution < 1.29 is 9.50 Å². The van der Waals surface area contributed by atoms with Crippen LogP contribution in [-0.2, 0) is 0 Å². The summed E-state index contributed by atoms with van der Waals surface area (Å²) in [5.41, 5.74) is 0. The standard InChI is InChI=1S/C12H13FOS/c1-2-3-6-10(14)9-15-12-8-5-4-7-11(12)13/h1,4-5,7-8,10,14H,3,6,9H2. The highest BCUT2D eigenvalue weighted by Crippen LogP contribution is 2.22. The van der Waals surface area contributed by atoms with Crippen molar-refractivity contribution in [2.24, 2.45) is 0 Å². The minimum absolute atomic E-state index is 0.244. The van der Waals surface area contributed by atoms with Crippen LogP contribution in [0.25, 0.3) is 0 Å². The maximum absolute atomic E-state index is 13.2. The van der Waals surface area contributed by atoms with E-state index in [-0.39, 0.29) is 5.82 Å². The van der Waals surface area contributed by atoms with Crippen molar-refractivity contribution in [2.75, 3.05) is 5.75 Å². The summed E-state index contributed by atoms with van der Waals surface area (Å²) in [6.07, 6.45) is 5.74. The predicted octanol–water partition coefficient (Wildman–Crippen LogP) is 2.69. The fraction of sp³-hybridized carbons (Fsp3) is 0.333. The normalized spacial score (nSPS) is 12.1. The number of hydrogen-bond donors (Lipinski definition) is 1. The molecule has 1 atom stereocenters. The molecule has 0 saturated carbocycles. The molecular formula is C12H13FOS. The van der Waals surface area contributed by atoms with E-state index in [9.17, 15) is 9.50 Å². The molecule has 1 unspecified atom stereocenters. The maximum Gasteiger partial charge on any atom is 0.136 e. The SMILES string of the molecule is C#CCCC(O)CSc1ccccc1F. The Morgan fingerprint density at radius 3 is 2.87 bits per heavy atom. The van der Waals surface area contributed by atoms with Gasteiger partial charge in [-0.1, -0.05) is 12.1 Å². The highest BCUT2D eigenvalue weighted by molar-refractivity contribution is 7.99. The summed E-state index contributed by atoms with van der Waals surface area (Å²) in [6, 6.07) is 6.54. The van der Waals surface area contributed by atoms with E-state index in [1.165, 1.54) is 17.8 Å². The molecular weight excluding hydrogens is 211 g/mol. The van der Waals surface area contributed by atoms with Crippen molar-refractivity contribution in [3.05, 3.63) is 30.1 Å². The van der Waals surface area contributed by atoms with Crippen molar-refractivity contribution in [3.8, 4) is 12.3 Å². The van der Waals surface area contributed by atoms with Crippen LogP contribution in [0.2, 0.25) is 0 Å². The average molecular weight is 224 g/mol. The minimum atomic E-state index is -0.467. The van der Waals surface area contributed by atoms with E-state index in [2.05, 4.69) is 5.92 Å². The van der Waals surface area contributed by atoms with Gasteiger partial charge in [-0.2, -0.15) is 0 Å². The van der Waals surface area contributed by atoms with E-state index < -0.39 is 6.10 Å². The van der Waals surface area contributed by atoms with Gasteiger partial charge in [0.2, 0.25) is 0 Å². The predicted molar refractivity (Wildman–Crippen MR) is 61.2 cm³/mol. The third kappa shape index (κ3) is 4.37. The number of halogens is 1. The number of rotatable bonds is 5. The summed E-state index contributed by atoms with van der Waals surface area (Å²) in [6.45, 7) is 0. The highest BCUT2D eigenvalue weighted by Gasteiger charge is 2.06. The van der Waals surface area contributed by atoms with E-state index in [0.29, 0.717) is 23.5 Å². The summed E-state index contributed by atoms with van der Waals surface area (Å²) in [7, 11) is 0. The zero-order valence-corrected chi connectivity index (χ0v) is 9.14. The first-order valence-electron chi connectivity index (χ1n) is 4.73. The molecule has 0 spiro atoms. The van der Waals surface area contributed by atoms with Crippen LogP contribution in [0.4, 0.5) is 4.39 Å². The molecule has 0 aliphatic carbocycles. The lowest BCUT2D eigenvalue weighted by atomic mass is 10.2. The third-order valence-electron chi connectivity index (χ3n) is 1.89. The number of thioether (sulfide) groups is 1. The summed E-state index contributed by atoms with van der Waals surface area (Å²) in [5.74, 6) is 2.70. The van der Waals surface area contributed by atoms with Crippen LogP contribution in [0.5, 0.6) is 0 Å². The zero-order valence-electron chi connectivity index (χ0n) is 8.32. The van der Waals surface area contributed by atoms with Gasteiger partial charge in [0.25, 0.3) is 0 Å². The minimum Gasteiger partial charge on any atom is -0.392 e. The van der Waals surface area contributed by atoms with E-state index in [0.717, 1.165) is 0 Å². The summed E-state index contributed by atoms with van der Waals surface area (Å²) >= 11 is 1.31. The number of terminal acetylenes is 1. The van der Waals surface area contributed by atoms with E-state index in [4.69, 9.17) is 6.42 Å². The smallest absolute Gasteiger partial charge is 0.136 e. The molecule has 1 nitrogen and oxygen atoms in total. The van der Waals surface area contributed by atoms with Gasteiger partial charge in [0.05, 0.1) is 6.10 Å². The van der Waals surface area contributed by atoms with Gasteiger partial charge in [0, 0.05) is 17.1 Å². The Balaban J connectivity index is 2.37. The van der Waals surface area contributed by atoms with Gasteiger partial charge in [0.1, 0.15) is 5.82 Å². The Kier molecular flexibility index (Phi) is 5.23. The largest absolute Gasteiger partial charge is 0.392 e. The van der Waals surface area contributed by atoms with Crippen molar-refractivity contribution in [2.45, 2.75) is 23.8 Å². The third-order valence-corrected chi connectivity index (χ3v) is 3.08. The molecule has 0 saturated heterocycles. The van der Waals surface area contributed by atoms with Gasteiger partial charge < -0.3 is 5.11 Å². The Labute approximate surface area is 93.7 Å². The van der Waals surface area contributed by atoms with Crippen LogP contribution in [0.1, 0.15) is 12.8 Å². The Morgan fingerprint density at radius 1 is 1.47 bits per heavy atom. The van der Waals surface area contributed by atoms with Crippen LogP contribution >= 0.6 is 11.8 Å². The molecule has 0 aromatic heterocycles. The first kappa shape index (κ1) is 12.1. The molecule has 0 fully saturated rings. The Bertz CT molecular complexity index is 346. The second kappa shape index (κ2) is 6.49. The lowest BCUT2D eigenvalue weighted by Gasteiger charge is -2.08. The topological polar surface area (TPSA) is 20.2 Å². The number of aliphatic hydroxyl groups is 1. The summed E-state index contributed by atoms with van der Waals surface area (Å²) < 4.78 is 13.2. The fourth-order valence-corrected chi connectivity index (χ4v) is 2.00. The van der Waals surface area contributed by atoms with E-state index in [1.807, 2.05) is 0 Å². The Morgan fingerprint density at radius 2 is 2.20 bits per heavy atom. The molecule has 0 bridgehead atoms. The molecule has 1 rings (SSSR count). The van der Waals surface area contributed by atoms with Gasteiger partial charge in [-0.3, -0.25) is 0 Å². The fourth-order valence-electron chi connectivity index (χ4n) is 1.08. The molecule has 1 aromatic rings. The van der Waals surface area contributed by atoms with Crippen LogP contribution in [-0.4, -0.2) is 17.0 Å². The van der Waals surface area contributed by atoms with Gasteiger partial charge in [-0.05, 0) is 18.6 Å². The first-order chi connectivity index (χ1) is 7.24. The zero-order chi connectivity index (χ0) is 11.1. The van der Waals surface area contributed by atoms with Crippen molar-refractivity contribution >= 4 is 11.8 Å². The van der Waals surface area contributed by atoms with Crippen LogP contribution in [0.15, 0.2) is 29.2 Å². The highest BCUT2D eigenvalue weighted by atomic mass is 32.2.